The number of hydrogen-bond donors (Lipinski definition) is 1. The zero-order chi connectivity index (χ0) is 18.8. The fraction of sp³-hybridized carbons (Fsp3) is 0.238. The van der Waals surface area contributed by atoms with E-state index in [-0.39, 0.29) is 24.1 Å². The van der Waals surface area contributed by atoms with Gasteiger partial charge in [-0.1, -0.05) is 17.7 Å². The van der Waals surface area contributed by atoms with Gasteiger partial charge in [0.15, 0.2) is 0 Å². The molecular weight excluding hydrogens is 347 g/mol. The van der Waals surface area contributed by atoms with E-state index < -0.39 is 0 Å². The van der Waals surface area contributed by atoms with Crippen molar-refractivity contribution in [2.24, 2.45) is 0 Å². The molecule has 0 fully saturated rings. The van der Waals surface area contributed by atoms with Crippen molar-refractivity contribution in [2.75, 3.05) is 23.3 Å². The lowest BCUT2D eigenvalue weighted by Gasteiger charge is -2.28. The molecule has 6 heteroatoms. The van der Waals surface area contributed by atoms with Gasteiger partial charge in [0.05, 0.1) is 6.42 Å². The Balaban J connectivity index is 1.33. The number of anilines is 2. The van der Waals surface area contributed by atoms with E-state index >= 15 is 0 Å². The molecule has 138 valence electrons. The molecule has 0 saturated carbocycles. The van der Waals surface area contributed by atoms with Crippen LogP contribution in [0, 0.1) is 5.82 Å². The molecule has 2 aromatic rings. The lowest BCUT2D eigenvalue weighted by atomic mass is 10.0. The summed E-state index contributed by atoms with van der Waals surface area (Å²) in [5.41, 5.74) is 3.52. The predicted molar refractivity (Wildman–Crippen MR) is 100 cm³/mol. The van der Waals surface area contributed by atoms with Crippen molar-refractivity contribution in [1.29, 1.82) is 0 Å². The molecule has 0 spiro atoms. The second kappa shape index (κ2) is 7.23. The fourth-order valence-corrected chi connectivity index (χ4v) is 3.36. The highest BCUT2D eigenvalue weighted by Gasteiger charge is 2.21. The molecule has 2 aliphatic heterocycles. The van der Waals surface area contributed by atoms with Gasteiger partial charge in [-0.25, -0.2) is 4.39 Å². The third-order valence-corrected chi connectivity index (χ3v) is 4.79. The van der Waals surface area contributed by atoms with Gasteiger partial charge in [-0.05, 0) is 36.8 Å². The number of esters is 1. The highest BCUT2D eigenvalue weighted by atomic mass is 19.1. The van der Waals surface area contributed by atoms with Crippen LogP contribution in [0.5, 0.6) is 5.75 Å². The second-order valence-corrected chi connectivity index (χ2v) is 6.73. The average molecular weight is 366 g/mol. The largest absolute Gasteiger partial charge is 0.426 e. The Labute approximate surface area is 156 Å². The number of nitrogens with one attached hydrogen (secondary N) is 1. The number of amides is 1. The van der Waals surface area contributed by atoms with E-state index in [1.165, 1.54) is 12.1 Å². The number of fused-ring (bicyclic) bond motifs is 1. The third-order valence-electron chi connectivity index (χ3n) is 4.79. The molecule has 0 aliphatic carbocycles. The summed E-state index contributed by atoms with van der Waals surface area (Å²) in [6.45, 7) is 1.49. The Bertz CT molecular complexity index is 922. The second-order valence-electron chi connectivity index (χ2n) is 6.73. The first-order chi connectivity index (χ1) is 13.1. The van der Waals surface area contributed by atoms with E-state index in [2.05, 4.69) is 16.3 Å². The van der Waals surface area contributed by atoms with Crippen LogP contribution in [0.25, 0.3) is 0 Å². The molecule has 2 heterocycles. The van der Waals surface area contributed by atoms with Gasteiger partial charge in [-0.3, -0.25) is 9.59 Å². The van der Waals surface area contributed by atoms with Crippen molar-refractivity contribution in [3.8, 4) is 5.75 Å². The number of hydrogen-bond acceptors (Lipinski definition) is 4. The van der Waals surface area contributed by atoms with E-state index in [9.17, 15) is 14.0 Å². The summed E-state index contributed by atoms with van der Waals surface area (Å²) < 4.78 is 18.1. The van der Waals surface area contributed by atoms with Crippen LogP contribution >= 0.6 is 0 Å². The van der Waals surface area contributed by atoms with E-state index in [0.29, 0.717) is 24.4 Å². The molecule has 4 rings (SSSR count). The molecule has 1 N–H and O–H groups in total. The third kappa shape index (κ3) is 4.00. The zero-order valence-electron chi connectivity index (χ0n) is 14.7. The lowest BCUT2D eigenvalue weighted by Crippen LogP contribution is -2.29. The molecule has 0 saturated heterocycles. The van der Waals surface area contributed by atoms with E-state index in [1.54, 1.807) is 30.3 Å². The van der Waals surface area contributed by atoms with Gasteiger partial charge >= 0.3 is 5.97 Å². The molecule has 5 nitrogen and oxygen atoms in total. The number of ether oxygens (including phenoxy) is 1. The summed E-state index contributed by atoms with van der Waals surface area (Å²) in [7, 11) is 0. The van der Waals surface area contributed by atoms with Gasteiger partial charge < -0.3 is 15.0 Å². The molecule has 0 atom stereocenters. The van der Waals surface area contributed by atoms with Gasteiger partial charge in [-0.15, -0.1) is 0 Å². The van der Waals surface area contributed by atoms with Crippen molar-refractivity contribution in [3.63, 3.8) is 0 Å². The van der Waals surface area contributed by atoms with Crippen LogP contribution in [0.2, 0.25) is 0 Å². The maximum atomic E-state index is 13.0. The number of nitrogens with zero attached hydrogens (tertiary/aromatic N) is 1. The summed E-state index contributed by atoms with van der Waals surface area (Å²) in [5, 5.41) is 2.86. The lowest BCUT2D eigenvalue weighted by molar-refractivity contribution is -0.131. The summed E-state index contributed by atoms with van der Waals surface area (Å²) in [4.78, 5) is 25.8. The van der Waals surface area contributed by atoms with Crippen LogP contribution in [0.4, 0.5) is 15.8 Å². The molecule has 0 aromatic heterocycles. The minimum absolute atomic E-state index is 0.0965. The quantitative estimate of drug-likeness (QED) is 0.512. The first kappa shape index (κ1) is 17.3. The Hall–Kier alpha value is -3.15. The molecule has 0 bridgehead atoms. The Morgan fingerprint density at radius 2 is 2.00 bits per heavy atom. The number of carbonyl (C=O) groups excluding carboxylic acids is 2. The Morgan fingerprint density at radius 3 is 2.74 bits per heavy atom. The predicted octanol–water partition coefficient (Wildman–Crippen LogP) is 3.45. The molecule has 1 amide bonds. The topological polar surface area (TPSA) is 58.6 Å². The molecule has 27 heavy (non-hydrogen) atoms. The maximum absolute atomic E-state index is 13.0. The molecule has 0 radical (unpaired) electrons. The summed E-state index contributed by atoms with van der Waals surface area (Å²) in [6, 6.07) is 11.7. The minimum Gasteiger partial charge on any atom is -0.426 e. The Morgan fingerprint density at radius 1 is 1.19 bits per heavy atom. The highest BCUT2D eigenvalue weighted by Crippen LogP contribution is 2.29. The first-order valence-corrected chi connectivity index (χ1v) is 8.89. The first-order valence-electron chi connectivity index (χ1n) is 8.89. The Kier molecular flexibility index (Phi) is 4.62. The van der Waals surface area contributed by atoms with Crippen LogP contribution < -0.4 is 15.0 Å². The van der Waals surface area contributed by atoms with E-state index in [1.807, 2.05) is 0 Å². The highest BCUT2D eigenvalue weighted by molar-refractivity contribution is 5.93. The minimum atomic E-state index is -0.272. The number of benzene rings is 2. The van der Waals surface area contributed by atoms with Crippen molar-refractivity contribution in [1.82, 2.24) is 0 Å². The van der Waals surface area contributed by atoms with Gasteiger partial charge in [0.25, 0.3) is 0 Å². The average Bonchev–Trinajstić information content (AvgIpc) is 3.02. The van der Waals surface area contributed by atoms with Gasteiger partial charge in [0.2, 0.25) is 5.91 Å². The molecule has 2 aliphatic rings. The van der Waals surface area contributed by atoms with Crippen molar-refractivity contribution < 1.29 is 18.7 Å². The van der Waals surface area contributed by atoms with Crippen molar-refractivity contribution >= 4 is 23.3 Å². The standard InChI is InChI=1S/C21H19FN2O3/c22-16-2-5-18(6-3-16)24-9-7-14(8-10-24)11-20(25)23-17-4-1-15-12-21(26)27-19(15)13-17/h1-7,13H,8-12H2,(H,23,25). The van der Waals surface area contributed by atoms with Crippen molar-refractivity contribution in [3.05, 3.63) is 65.5 Å². The summed E-state index contributed by atoms with van der Waals surface area (Å²) >= 11 is 0. The van der Waals surface area contributed by atoms with E-state index in [4.69, 9.17) is 4.74 Å². The van der Waals surface area contributed by atoms with Crippen LogP contribution in [0.3, 0.4) is 0 Å². The van der Waals surface area contributed by atoms with Crippen LogP contribution in [0.15, 0.2) is 54.1 Å². The monoisotopic (exact) mass is 366 g/mol. The number of rotatable bonds is 4. The normalized spacial score (nSPS) is 15.8. The fourth-order valence-electron chi connectivity index (χ4n) is 3.36. The molecule has 2 aromatic carbocycles. The maximum Gasteiger partial charge on any atom is 0.315 e. The van der Waals surface area contributed by atoms with Gasteiger partial charge in [0.1, 0.15) is 11.6 Å². The van der Waals surface area contributed by atoms with Crippen LogP contribution in [0.1, 0.15) is 18.4 Å². The smallest absolute Gasteiger partial charge is 0.315 e. The SMILES string of the molecule is O=C(CC1=CCN(c2ccc(F)cc2)CC1)Nc1ccc2c(c1)OC(=O)C2. The van der Waals surface area contributed by atoms with Crippen LogP contribution in [-0.2, 0) is 16.0 Å². The van der Waals surface area contributed by atoms with Crippen molar-refractivity contribution in [2.45, 2.75) is 19.3 Å². The summed E-state index contributed by atoms with van der Waals surface area (Å²) in [6.07, 6.45) is 3.44. The zero-order valence-corrected chi connectivity index (χ0v) is 14.7. The number of carbonyl (C=O) groups is 2. The van der Waals surface area contributed by atoms with E-state index in [0.717, 1.165) is 29.8 Å². The van der Waals surface area contributed by atoms with Gasteiger partial charge in [-0.2, -0.15) is 0 Å². The van der Waals surface area contributed by atoms with Crippen LogP contribution in [-0.4, -0.2) is 25.0 Å². The number of halogens is 1. The summed E-state index contributed by atoms with van der Waals surface area (Å²) in [5.74, 6) is -0.0955. The molecule has 0 unspecified atom stereocenters. The van der Waals surface area contributed by atoms with Gasteiger partial charge in [0, 0.05) is 42.5 Å². The molecular formula is C21H19FN2O3.